The lowest BCUT2D eigenvalue weighted by Crippen LogP contribution is -2.30. The molecule has 0 radical (unpaired) electrons. The third-order valence-corrected chi connectivity index (χ3v) is 4.65. The number of rotatable bonds is 4. The molecule has 0 bridgehead atoms. The van der Waals surface area contributed by atoms with Crippen molar-refractivity contribution >= 4 is 5.91 Å². The first kappa shape index (κ1) is 14.7. The molecule has 118 valence electrons. The Morgan fingerprint density at radius 2 is 1.29 bits per heavy atom. The lowest BCUT2D eigenvalue weighted by molar-refractivity contribution is -0.121. The summed E-state index contributed by atoms with van der Waals surface area (Å²) in [6.07, 6.45) is 0.850. The topological polar surface area (TPSA) is 29.1 Å². The Kier molecular flexibility index (Phi) is 3.87. The highest BCUT2D eigenvalue weighted by molar-refractivity contribution is 5.96. The molecule has 1 N–H and O–H groups in total. The van der Waals surface area contributed by atoms with Crippen molar-refractivity contribution in [3.05, 3.63) is 95.6 Å². The maximum atomic E-state index is 12.8. The molecular weight excluding hydrogens is 294 g/mol. The number of nitrogens with one attached hydrogen (secondary N) is 1. The van der Waals surface area contributed by atoms with Crippen molar-refractivity contribution in [1.82, 2.24) is 5.32 Å². The Labute approximate surface area is 142 Å². The summed E-state index contributed by atoms with van der Waals surface area (Å²) in [6, 6.07) is 26.7. The monoisotopic (exact) mass is 313 g/mol. The molecular formula is C22H19NO. The molecule has 0 heterocycles. The van der Waals surface area contributed by atoms with Crippen molar-refractivity contribution < 1.29 is 4.79 Å². The number of benzene rings is 3. The second kappa shape index (κ2) is 6.32. The van der Waals surface area contributed by atoms with E-state index < -0.39 is 0 Å². The SMILES string of the molecule is O=C(NCCc1ccccc1)C1c2ccccc2-c2ccccc21. The number of carbonyl (C=O) groups is 1. The van der Waals surface area contributed by atoms with Gasteiger partial charge in [0.1, 0.15) is 0 Å². The molecule has 0 aromatic heterocycles. The van der Waals surface area contributed by atoms with Gasteiger partial charge in [0.15, 0.2) is 0 Å². The van der Waals surface area contributed by atoms with E-state index in [0.29, 0.717) is 6.54 Å². The summed E-state index contributed by atoms with van der Waals surface area (Å²) in [7, 11) is 0. The summed E-state index contributed by atoms with van der Waals surface area (Å²) in [5.74, 6) is -0.114. The highest BCUT2D eigenvalue weighted by Gasteiger charge is 2.32. The van der Waals surface area contributed by atoms with Crippen LogP contribution in [0.25, 0.3) is 11.1 Å². The minimum atomic E-state index is -0.201. The van der Waals surface area contributed by atoms with Gasteiger partial charge in [0, 0.05) is 6.54 Å². The van der Waals surface area contributed by atoms with Gasteiger partial charge in [0.2, 0.25) is 5.91 Å². The Balaban J connectivity index is 1.54. The molecule has 0 spiro atoms. The molecule has 1 amide bonds. The second-order valence-electron chi connectivity index (χ2n) is 6.13. The van der Waals surface area contributed by atoms with Crippen LogP contribution in [0.3, 0.4) is 0 Å². The van der Waals surface area contributed by atoms with Crippen molar-refractivity contribution in [3.8, 4) is 11.1 Å². The molecule has 24 heavy (non-hydrogen) atoms. The maximum Gasteiger partial charge on any atom is 0.232 e. The second-order valence-corrected chi connectivity index (χ2v) is 6.13. The van der Waals surface area contributed by atoms with Gasteiger partial charge in [-0.15, -0.1) is 0 Å². The molecule has 3 aromatic rings. The van der Waals surface area contributed by atoms with Crippen LogP contribution in [0, 0.1) is 0 Å². The van der Waals surface area contributed by atoms with Crippen LogP contribution in [-0.2, 0) is 11.2 Å². The fraction of sp³-hybridized carbons (Fsp3) is 0.136. The average Bonchev–Trinajstić information content (AvgIpc) is 2.97. The summed E-state index contributed by atoms with van der Waals surface area (Å²) in [5.41, 5.74) is 5.81. The molecule has 0 fully saturated rings. The van der Waals surface area contributed by atoms with E-state index >= 15 is 0 Å². The standard InChI is InChI=1S/C22H19NO/c24-22(23-15-14-16-8-2-1-3-9-16)21-19-12-6-4-10-17(19)18-11-5-7-13-20(18)21/h1-13,21H,14-15H2,(H,23,24). The lowest BCUT2D eigenvalue weighted by atomic mass is 9.96. The Hall–Kier alpha value is -2.87. The fourth-order valence-electron chi connectivity index (χ4n) is 3.51. The van der Waals surface area contributed by atoms with Gasteiger partial charge in [-0.1, -0.05) is 78.9 Å². The zero-order valence-corrected chi connectivity index (χ0v) is 13.4. The number of fused-ring (bicyclic) bond motifs is 3. The van der Waals surface area contributed by atoms with E-state index in [9.17, 15) is 4.79 Å². The van der Waals surface area contributed by atoms with Crippen LogP contribution in [0.2, 0.25) is 0 Å². The minimum absolute atomic E-state index is 0.0864. The molecule has 0 saturated heterocycles. The van der Waals surface area contributed by atoms with Crippen LogP contribution >= 0.6 is 0 Å². The van der Waals surface area contributed by atoms with E-state index in [1.807, 2.05) is 42.5 Å². The van der Waals surface area contributed by atoms with Gasteiger partial charge in [0.05, 0.1) is 5.92 Å². The number of hydrogen-bond donors (Lipinski definition) is 1. The van der Waals surface area contributed by atoms with E-state index in [1.165, 1.54) is 16.7 Å². The molecule has 2 nitrogen and oxygen atoms in total. The first-order valence-corrected chi connectivity index (χ1v) is 8.34. The smallest absolute Gasteiger partial charge is 0.232 e. The zero-order chi connectivity index (χ0) is 16.4. The molecule has 0 aliphatic heterocycles. The largest absolute Gasteiger partial charge is 0.355 e. The van der Waals surface area contributed by atoms with E-state index in [2.05, 4.69) is 41.7 Å². The van der Waals surface area contributed by atoms with Gasteiger partial charge in [-0.2, -0.15) is 0 Å². The van der Waals surface area contributed by atoms with Gasteiger partial charge in [-0.25, -0.2) is 0 Å². The van der Waals surface area contributed by atoms with E-state index in [4.69, 9.17) is 0 Å². The maximum absolute atomic E-state index is 12.8. The third-order valence-electron chi connectivity index (χ3n) is 4.65. The van der Waals surface area contributed by atoms with Gasteiger partial charge >= 0.3 is 0 Å². The molecule has 4 rings (SSSR count). The highest BCUT2D eigenvalue weighted by Crippen LogP contribution is 2.44. The predicted octanol–water partition coefficient (Wildman–Crippen LogP) is 4.16. The molecule has 1 aliphatic rings. The predicted molar refractivity (Wildman–Crippen MR) is 96.9 cm³/mol. The van der Waals surface area contributed by atoms with Gasteiger partial charge in [0.25, 0.3) is 0 Å². The van der Waals surface area contributed by atoms with Crippen LogP contribution in [0.5, 0.6) is 0 Å². The average molecular weight is 313 g/mol. The molecule has 0 saturated carbocycles. The fourth-order valence-corrected chi connectivity index (χ4v) is 3.51. The summed E-state index contributed by atoms with van der Waals surface area (Å²) in [4.78, 5) is 12.8. The Morgan fingerprint density at radius 3 is 1.92 bits per heavy atom. The van der Waals surface area contributed by atoms with Crippen molar-refractivity contribution in [2.75, 3.05) is 6.54 Å². The van der Waals surface area contributed by atoms with Crippen LogP contribution in [0.15, 0.2) is 78.9 Å². The molecule has 3 aromatic carbocycles. The molecule has 0 unspecified atom stereocenters. The minimum Gasteiger partial charge on any atom is -0.355 e. The van der Waals surface area contributed by atoms with Crippen LogP contribution < -0.4 is 5.32 Å². The van der Waals surface area contributed by atoms with E-state index in [0.717, 1.165) is 17.5 Å². The molecule has 1 aliphatic carbocycles. The van der Waals surface area contributed by atoms with Gasteiger partial charge < -0.3 is 5.32 Å². The van der Waals surface area contributed by atoms with Crippen molar-refractivity contribution in [1.29, 1.82) is 0 Å². The Morgan fingerprint density at radius 1 is 0.750 bits per heavy atom. The summed E-state index contributed by atoms with van der Waals surface area (Å²) >= 11 is 0. The number of hydrogen-bond acceptors (Lipinski definition) is 1. The van der Waals surface area contributed by atoms with Gasteiger partial charge in [-0.05, 0) is 34.2 Å². The van der Waals surface area contributed by atoms with Crippen molar-refractivity contribution in [2.45, 2.75) is 12.3 Å². The Bertz CT molecular complexity index is 824. The summed E-state index contributed by atoms with van der Waals surface area (Å²) in [5, 5.41) is 3.12. The molecule has 2 heteroatoms. The number of carbonyl (C=O) groups excluding carboxylic acids is 1. The van der Waals surface area contributed by atoms with Crippen molar-refractivity contribution in [2.24, 2.45) is 0 Å². The third kappa shape index (κ3) is 2.61. The number of amides is 1. The van der Waals surface area contributed by atoms with Crippen LogP contribution in [0.1, 0.15) is 22.6 Å². The van der Waals surface area contributed by atoms with E-state index in [-0.39, 0.29) is 11.8 Å². The summed E-state index contributed by atoms with van der Waals surface area (Å²) in [6.45, 7) is 0.656. The van der Waals surface area contributed by atoms with E-state index in [1.54, 1.807) is 0 Å². The van der Waals surface area contributed by atoms with Gasteiger partial charge in [-0.3, -0.25) is 4.79 Å². The van der Waals surface area contributed by atoms with Crippen LogP contribution in [-0.4, -0.2) is 12.5 Å². The quantitative estimate of drug-likeness (QED) is 0.770. The van der Waals surface area contributed by atoms with Crippen LogP contribution in [0.4, 0.5) is 0 Å². The summed E-state index contributed by atoms with van der Waals surface area (Å²) < 4.78 is 0. The highest BCUT2D eigenvalue weighted by atomic mass is 16.1. The zero-order valence-electron chi connectivity index (χ0n) is 13.4. The normalized spacial score (nSPS) is 12.5. The lowest BCUT2D eigenvalue weighted by Gasteiger charge is -2.14. The van der Waals surface area contributed by atoms with Crippen molar-refractivity contribution in [3.63, 3.8) is 0 Å². The molecule has 0 atom stereocenters. The first-order chi connectivity index (χ1) is 11.8. The first-order valence-electron chi connectivity index (χ1n) is 8.34.